The second kappa shape index (κ2) is 17.2. The van der Waals surface area contributed by atoms with E-state index in [1.807, 2.05) is 0 Å². The highest BCUT2D eigenvalue weighted by molar-refractivity contribution is 6.22. The third-order valence-corrected chi connectivity index (χ3v) is 14.5. The van der Waals surface area contributed by atoms with Crippen LogP contribution in [0.25, 0.3) is 77.2 Å². The quantitative estimate of drug-likeness (QED) is 0.131. The highest BCUT2D eigenvalue weighted by Crippen LogP contribution is 2.58. The molecule has 1 nitrogen and oxygen atoms in total. The first-order chi connectivity index (χ1) is 34.8. The molecule has 0 atom stereocenters. The van der Waals surface area contributed by atoms with E-state index in [0.29, 0.717) is 0 Å². The topological polar surface area (TPSA) is 3.24 Å². The molecule has 12 aromatic carbocycles. The minimum Gasteiger partial charge on any atom is -0.310 e. The molecule has 0 radical (unpaired) electrons. The van der Waals surface area contributed by atoms with Gasteiger partial charge in [0.25, 0.3) is 0 Å². The van der Waals surface area contributed by atoms with Crippen molar-refractivity contribution in [2.45, 2.75) is 5.41 Å². The second-order valence-electron chi connectivity index (χ2n) is 18.3. The summed E-state index contributed by atoms with van der Waals surface area (Å²) in [6.45, 7) is 0. The van der Waals surface area contributed by atoms with Gasteiger partial charge >= 0.3 is 0 Å². The molecule has 0 N–H and O–H groups in total. The standard InChI is InChI=1S/C69H47N/c1-7-23-48(24-8-1)52-39-44-66(61(45-52)49-25-9-2-10-26-49)70(56-41-43-65-62(46-56)59-36-21-22-38-64(59)69(65,53-31-15-5-16-32-53)54-33-17-6-18-34-54)55-40-42-58-57-35-19-20-37-60(57)67(50-27-11-3-12-28-50)68(63(58)47-55)51-29-13-4-14-30-51/h1-47H. The lowest BCUT2D eigenvalue weighted by Crippen LogP contribution is -2.28. The molecule has 0 bridgehead atoms. The molecule has 0 aliphatic heterocycles. The Hall–Kier alpha value is -9.04. The average molecular weight is 890 g/mol. The molecular weight excluding hydrogens is 843 g/mol. The Kier molecular flexibility index (Phi) is 10.1. The predicted molar refractivity (Wildman–Crippen MR) is 295 cm³/mol. The van der Waals surface area contributed by atoms with Crippen LogP contribution in [0.1, 0.15) is 22.3 Å². The van der Waals surface area contributed by atoms with Crippen LogP contribution < -0.4 is 4.90 Å². The third kappa shape index (κ3) is 6.70. The minimum atomic E-state index is -0.507. The minimum absolute atomic E-state index is 0.507. The molecule has 12 aromatic rings. The van der Waals surface area contributed by atoms with Crippen molar-refractivity contribution in [1.29, 1.82) is 0 Å². The van der Waals surface area contributed by atoms with Gasteiger partial charge in [-0.3, -0.25) is 0 Å². The fourth-order valence-corrected chi connectivity index (χ4v) is 11.5. The van der Waals surface area contributed by atoms with E-state index in [9.17, 15) is 0 Å². The van der Waals surface area contributed by atoms with Crippen LogP contribution >= 0.6 is 0 Å². The molecule has 0 saturated carbocycles. The van der Waals surface area contributed by atoms with Gasteiger partial charge in [0, 0.05) is 16.9 Å². The van der Waals surface area contributed by atoms with Crippen LogP contribution in [0.2, 0.25) is 0 Å². The molecule has 70 heavy (non-hydrogen) atoms. The zero-order valence-corrected chi connectivity index (χ0v) is 38.6. The number of hydrogen-bond donors (Lipinski definition) is 0. The first kappa shape index (κ1) is 41.2. The summed E-state index contributed by atoms with van der Waals surface area (Å²) in [6, 6.07) is 105. The molecule has 0 aromatic heterocycles. The number of benzene rings is 12. The van der Waals surface area contributed by atoms with E-state index in [2.05, 4.69) is 290 Å². The van der Waals surface area contributed by atoms with Crippen LogP contribution in [-0.2, 0) is 5.41 Å². The monoisotopic (exact) mass is 889 g/mol. The van der Waals surface area contributed by atoms with Crippen LogP contribution in [0.3, 0.4) is 0 Å². The van der Waals surface area contributed by atoms with Crippen molar-refractivity contribution in [3.05, 3.63) is 307 Å². The Morgan fingerprint density at radius 3 is 1.33 bits per heavy atom. The van der Waals surface area contributed by atoms with Crippen LogP contribution in [-0.4, -0.2) is 0 Å². The predicted octanol–water partition coefficient (Wildman–Crippen LogP) is 18.5. The van der Waals surface area contributed by atoms with E-state index in [4.69, 9.17) is 0 Å². The summed E-state index contributed by atoms with van der Waals surface area (Å²) in [7, 11) is 0. The summed E-state index contributed by atoms with van der Waals surface area (Å²) in [5.41, 5.74) is 19.8. The molecule has 0 saturated heterocycles. The van der Waals surface area contributed by atoms with Crippen molar-refractivity contribution in [2.75, 3.05) is 4.90 Å². The van der Waals surface area contributed by atoms with Gasteiger partial charge in [0.15, 0.2) is 0 Å². The van der Waals surface area contributed by atoms with E-state index in [1.54, 1.807) is 0 Å². The fraction of sp³-hybridized carbons (Fsp3) is 0.0145. The molecule has 0 amide bonds. The lowest BCUT2D eigenvalue weighted by molar-refractivity contribution is 0.768. The normalized spacial score (nSPS) is 12.4. The molecule has 1 aliphatic rings. The Bertz CT molecular complexity index is 3810. The number of hydrogen-bond acceptors (Lipinski definition) is 1. The summed E-state index contributed by atoms with van der Waals surface area (Å²) >= 11 is 0. The van der Waals surface area contributed by atoms with Crippen molar-refractivity contribution in [3.63, 3.8) is 0 Å². The molecule has 0 spiro atoms. The van der Waals surface area contributed by atoms with Gasteiger partial charge in [-0.1, -0.05) is 249 Å². The summed E-state index contributed by atoms with van der Waals surface area (Å²) < 4.78 is 0. The highest BCUT2D eigenvalue weighted by Gasteiger charge is 2.46. The molecule has 328 valence electrons. The van der Waals surface area contributed by atoms with Crippen molar-refractivity contribution < 1.29 is 0 Å². The molecule has 0 fully saturated rings. The molecule has 1 aliphatic carbocycles. The van der Waals surface area contributed by atoms with Crippen molar-refractivity contribution >= 4 is 38.6 Å². The van der Waals surface area contributed by atoms with Gasteiger partial charge in [0.1, 0.15) is 0 Å². The van der Waals surface area contributed by atoms with Crippen LogP contribution in [0.4, 0.5) is 17.1 Å². The average Bonchev–Trinajstić information content (AvgIpc) is 3.74. The largest absolute Gasteiger partial charge is 0.310 e. The van der Waals surface area contributed by atoms with E-state index in [-0.39, 0.29) is 0 Å². The molecular formula is C69H47N. The highest BCUT2D eigenvalue weighted by atomic mass is 15.1. The van der Waals surface area contributed by atoms with E-state index >= 15 is 0 Å². The van der Waals surface area contributed by atoms with Gasteiger partial charge in [-0.05, 0) is 130 Å². The number of rotatable bonds is 9. The van der Waals surface area contributed by atoms with Gasteiger partial charge in [-0.15, -0.1) is 0 Å². The molecule has 0 heterocycles. The number of fused-ring (bicyclic) bond motifs is 6. The number of anilines is 3. The molecule has 13 rings (SSSR count). The maximum absolute atomic E-state index is 2.51. The van der Waals surface area contributed by atoms with E-state index in [1.165, 1.54) is 88.3 Å². The lowest BCUT2D eigenvalue weighted by Gasteiger charge is -2.34. The van der Waals surface area contributed by atoms with Crippen molar-refractivity contribution in [1.82, 2.24) is 0 Å². The summed E-state index contributed by atoms with van der Waals surface area (Å²) in [5, 5.41) is 4.90. The molecule has 0 unspecified atom stereocenters. The lowest BCUT2D eigenvalue weighted by atomic mass is 9.68. The Labute approximate surface area is 409 Å². The van der Waals surface area contributed by atoms with Crippen LogP contribution in [0, 0.1) is 0 Å². The third-order valence-electron chi connectivity index (χ3n) is 14.5. The zero-order chi connectivity index (χ0) is 46.4. The van der Waals surface area contributed by atoms with Gasteiger partial charge in [0.2, 0.25) is 0 Å². The van der Waals surface area contributed by atoms with Crippen LogP contribution in [0.5, 0.6) is 0 Å². The fourth-order valence-electron chi connectivity index (χ4n) is 11.5. The first-order valence-corrected chi connectivity index (χ1v) is 24.3. The van der Waals surface area contributed by atoms with Gasteiger partial charge in [-0.2, -0.15) is 0 Å². The summed E-state index contributed by atoms with van der Waals surface area (Å²) in [6.07, 6.45) is 0. The molecule has 1 heteroatoms. The van der Waals surface area contributed by atoms with Gasteiger partial charge in [-0.25, -0.2) is 0 Å². The summed E-state index contributed by atoms with van der Waals surface area (Å²) in [5.74, 6) is 0. The number of nitrogens with zero attached hydrogens (tertiary/aromatic N) is 1. The maximum Gasteiger partial charge on any atom is 0.0713 e. The van der Waals surface area contributed by atoms with Crippen molar-refractivity contribution in [3.8, 4) is 55.6 Å². The maximum atomic E-state index is 2.51. The van der Waals surface area contributed by atoms with Gasteiger partial charge in [0.05, 0.1) is 11.1 Å². The van der Waals surface area contributed by atoms with Gasteiger partial charge < -0.3 is 4.90 Å². The Morgan fingerprint density at radius 1 is 0.243 bits per heavy atom. The Balaban J connectivity index is 1.13. The van der Waals surface area contributed by atoms with E-state index in [0.717, 1.165) is 28.2 Å². The van der Waals surface area contributed by atoms with Crippen LogP contribution in [0.15, 0.2) is 285 Å². The zero-order valence-electron chi connectivity index (χ0n) is 38.6. The first-order valence-electron chi connectivity index (χ1n) is 24.3. The SMILES string of the molecule is c1ccc(-c2ccc(N(c3ccc4c(c3)-c3ccccc3C4(c3ccccc3)c3ccccc3)c3ccc4c(c3)c(-c3ccccc3)c(-c3ccccc3)c3ccccc34)c(-c3ccccc3)c2)cc1. The smallest absolute Gasteiger partial charge is 0.0713 e. The second-order valence-corrected chi connectivity index (χ2v) is 18.3. The Morgan fingerprint density at radius 2 is 0.700 bits per heavy atom. The summed E-state index contributed by atoms with van der Waals surface area (Å²) in [4.78, 5) is 2.51. The van der Waals surface area contributed by atoms with Crippen molar-refractivity contribution in [2.24, 2.45) is 0 Å². The van der Waals surface area contributed by atoms with E-state index < -0.39 is 5.41 Å².